The minimum absolute atomic E-state index is 0.129. The number of unbranched alkanes of at least 4 members (excludes halogenated alkanes) is 11. The first kappa shape index (κ1) is 27.3. The van der Waals surface area contributed by atoms with Crippen LogP contribution in [-0.2, 0) is 9.47 Å². The average molecular weight is 451 g/mol. The number of epoxide rings is 2. The largest absolute Gasteiger partial charge is 0.394 e. The first-order chi connectivity index (χ1) is 15.8. The van der Waals surface area contributed by atoms with Crippen molar-refractivity contribution in [2.75, 3.05) is 32.9 Å². The van der Waals surface area contributed by atoms with Gasteiger partial charge in [0, 0.05) is 13.0 Å². The molecule has 5 nitrogen and oxygen atoms in total. The van der Waals surface area contributed by atoms with Crippen molar-refractivity contribution >= 4 is 5.84 Å². The van der Waals surface area contributed by atoms with Crippen molar-refractivity contribution in [3.8, 4) is 0 Å². The number of amidine groups is 1. The summed E-state index contributed by atoms with van der Waals surface area (Å²) >= 11 is 0. The predicted molar refractivity (Wildman–Crippen MR) is 134 cm³/mol. The predicted octanol–water partition coefficient (Wildman–Crippen LogP) is 5.90. The van der Waals surface area contributed by atoms with Gasteiger partial charge >= 0.3 is 0 Å². The van der Waals surface area contributed by atoms with Gasteiger partial charge in [0.25, 0.3) is 0 Å². The maximum atomic E-state index is 9.64. The zero-order valence-electron chi connectivity index (χ0n) is 21.0. The van der Waals surface area contributed by atoms with Crippen LogP contribution >= 0.6 is 0 Å². The number of nitrogens with zero attached hydrogens (tertiary/aromatic N) is 2. The fraction of sp³-hybridized carbons (Fsp3) is 0.889. The topological polar surface area (TPSA) is 60.9 Å². The Bertz CT molecular complexity index is 515. The highest BCUT2D eigenvalue weighted by molar-refractivity contribution is 5.84. The van der Waals surface area contributed by atoms with Crippen LogP contribution in [0, 0.1) is 0 Å². The molecule has 2 fully saturated rings. The van der Waals surface area contributed by atoms with Gasteiger partial charge in [-0.1, -0.05) is 70.4 Å². The average Bonchev–Trinajstić information content (AvgIpc) is 3.73. The summed E-state index contributed by atoms with van der Waals surface area (Å²) in [6.07, 6.45) is 24.0. The van der Waals surface area contributed by atoms with E-state index in [1.807, 2.05) is 0 Å². The van der Waals surface area contributed by atoms with Crippen LogP contribution in [0.4, 0.5) is 0 Å². The van der Waals surface area contributed by atoms with Gasteiger partial charge in [-0.25, -0.2) is 0 Å². The zero-order valence-corrected chi connectivity index (χ0v) is 21.0. The Morgan fingerprint density at radius 2 is 1.50 bits per heavy atom. The van der Waals surface area contributed by atoms with Gasteiger partial charge in [-0.2, -0.15) is 0 Å². The molecule has 2 saturated heterocycles. The number of aliphatic hydroxyl groups is 1. The van der Waals surface area contributed by atoms with Crippen LogP contribution in [0.15, 0.2) is 17.1 Å². The molecule has 5 heteroatoms. The quantitative estimate of drug-likeness (QED) is 0.160. The molecular formula is C27H50N2O3. The van der Waals surface area contributed by atoms with Gasteiger partial charge in [-0.15, -0.1) is 0 Å². The monoisotopic (exact) mass is 450 g/mol. The molecule has 186 valence electrons. The SMILES string of the molecule is CC1CO1.CCCCCCCCC=CCCCCCCCC1=NCCN1C(CO)C1CO1. The Kier molecular flexibility index (Phi) is 15.0. The highest BCUT2D eigenvalue weighted by Gasteiger charge is 2.38. The lowest BCUT2D eigenvalue weighted by Crippen LogP contribution is -2.44. The van der Waals surface area contributed by atoms with Crippen molar-refractivity contribution in [3.05, 3.63) is 12.2 Å². The Labute approximate surface area is 197 Å². The van der Waals surface area contributed by atoms with E-state index in [-0.39, 0.29) is 18.8 Å². The van der Waals surface area contributed by atoms with Crippen molar-refractivity contribution in [2.45, 2.75) is 122 Å². The summed E-state index contributed by atoms with van der Waals surface area (Å²) < 4.78 is 10.1. The summed E-state index contributed by atoms with van der Waals surface area (Å²) in [5.41, 5.74) is 0. The van der Waals surface area contributed by atoms with E-state index < -0.39 is 0 Å². The first-order valence-electron chi connectivity index (χ1n) is 13.5. The number of allylic oxidation sites excluding steroid dienone is 2. The maximum Gasteiger partial charge on any atom is 0.103 e. The third kappa shape index (κ3) is 13.0. The molecule has 0 spiro atoms. The van der Waals surface area contributed by atoms with Crippen molar-refractivity contribution in [2.24, 2.45) is 4.99 Å². The lowest BCUT2D eigenvalue weighted by molar-refractivity contribution is 0.156. The van der Waals surface area contributed by atoms with Gasteiger partial charge < -0.3 is 19.5 Å². The molecule has 3 aliphatic heterocycles. The molecule has 0 amide bonds. The minimum Gasteiger partial charge on any atom is -0.394 e. The molecule has 1 N–H and O–H groups in total. The number of ether oxygens (including phenoxy) is 2. The molecule has 0 bridgehead atoms. The highest BCUT2D eigenvalue weighted by Crippen LogP contribution is 2.23. The van der Waals surface area contributed by atoms with E-state index in [2.05, 4.69) is 35.9 Å². The van der Waals surface area contributed by atoms with Crippen LogP contribution in [-0.4, -0.2) is 67.0 Å². The Morgan fingerprint density at radius 1 is 0.938 bits per heavy atom. The number of rotatable bonds is 18. The van der Waals surface area contributed by atoms with Crippen LogP contribution in [0.25, 0.3) is 0 Å². The second kappa shape index (κ2) is 17.6. The maximum absolute atomic E-state index is 9.64. The summed E-state index contributed by atoms with van der Waals surface area (Å²) in [7, 11) is 0. The fourth-order valence-electron chi connectivity index (χ4n) is 4.23. The van der Waals surface area contributed by atoms with E-state index in [1.165, 1.54) is 89.3 Å². The molecule has 0 aromatic carbocycles. The molecule has 0 aliphatic carbocycles. The van der Waals surface area contributed by atoms with Crippen LogP contribution < -0.4 is 0 Å². The van der Waals surface area contributed by atoms with Gasteiger partial charge in [-0.3, -0.25) is 4.99 Å². The Balaban J connectivity index is 0.000000813. The third-order valence-electron chi connectivity index (χ3n) is 6.50. The van der Waals surface area contributed by atoms with Crippen LogP contribution in [0.5, 0.6) is 0 Å². The third-order valence-corrected chi connectivity index (χ3v) is 6.50. The van der Waals surface area contributed by atoms with Gasteiger partial charge in [0.2, 0.25) is 0 Å². The van der Waals surface area contributed by atoms with Crippen molar-refractivity contribution in [1.29, 1.82) is 0 Å². The van der Waals surface area contributed by atoms with E-state index in [9.17, 15) is 5.11 Å². The summed E-state index contributed by atoms with van der Waals surface area (Å²) in [6, 6.07) is 0.129. The summed E-state index contributed by atoms with van der Waals surface area (Å²) in [5.74, 6) is 1.20. The van der Waals surface area contributed by atoms with Crippen molar-refractivity contribution in [3.63, 3.8) is 0 Å². The molecule has 0 saturated carbocycles. The summed E-state index contributed by atoms with van der Waals surface area (Å²) in [5, 5.41) is 9.64. The summed E-state index contributed by atoms with van der Waals surface area (Å²) in [6.45, 7) is 8.12. The molecule has 3 heterocycles. The van der Waals surface area contributed by atoms with Crippen LogP contribution in [0.1, 0.15) is 104 Å². The standard InChI is InChI=1S/C24H44N2O2.C3H6O/c1-2-3-4-5-6-7-8-9-10-11-12-13-14-15-16-17-24-25-18-19-26(24)22(20-27)23-21-28-23;1-3-2-4-3/h9-10,22-23,27H,2-8,11-21H2,1H3;3H,2H2,1H3. The van der Waals surface area contributed by atoms with E-state index in [0.29, 0.717) is 6.10 Å². The Hall–Kier alpha value is -0.910. The molecule has 0 radical (unpaired) electrons. The normalized spacial score (nSPS) is 22.6. The molecule has 0 aromatic rings. The lowest BCUT2D eigenvalue weighted by Gasteiger charge is -2.28. The van der Waals surface area contributed by atoms with E-state index in [1.54, 1.807) is 0 Å². The molecule has 32 heavy (non-hydrogen) atoms. The second-order valence-electron chi connectivity index (χ2n) is 9.59. The van der Waals surface area contributed by atoms with Crippen molar-refractivity contribution < 1.29 is 14.6 Å². The molecule has 3 aliphatic rings. The number of aliphatic imine (C=N–C) groups is 1. The smallest absolute Gasteiger partial charge is 0.103 e. The summed E-state index contributed by atoms with van der Waals surface area (Å²) in [4.78, 5) is 6.96. The van der Waals surface area contributed by atoms with Gasteiger partial charge in [0.1, 0.15) is 6.10 Å². The molecule has 3 rings (SSSR count). The molecule has 0 aromatic heterocycles. The van der Waals surface area contributed by atoms with Crippen molar-refractivity contribution in [1.82, 2.24) is 4.90 Å². The van der Waals surface area contributed by atoms with Crippen LogP contribution in [0.3, 0.4) is 0 Å². The van der Waals surface area contributed by atoms with E-state index in [4.69, 9.17) is 9.47 Å². The molecular weight excluding hydrogens is 400 g/mol. The molecule has 3 atom stereocenters. The zero-order chi connectivity index (χ0) is 22.9. The number of hydrogen-bond acceptors (Lipinski definition) is 5. The van der Waals surface area contributed by atoms with Crippen LogP contribution in [0.2, 0.25) is 0 Å². The van der Waals surface area contributed by atoms with E-state index >= 15 is 0 Å². The Morgan fingerprint density at radius 3 is 2.03 bits per heavy atom. The van der Waals surface area contributed by atoms with Gasteiger partial charge in [0.05, 0.1) is 44.3 Å². The molecule has 3 unspecified atom stereocenters. The first-order valence-corrected chi connectivity index (χ1v) is 13.5. The van der Waals surface area contributed by atoms with Gasteiger partial charge in [0.15, 0.2) is 0 Å². The van der Waals surface area contributed by atoms with E-state index in [0.717, 1.165) is 32.7 Å². The lowest BCUT2D eigenvalue weighted by atomic mass is 10.1. The fourth-order valence-corrected chi connectivity index (χ4v) is 4.23. The van der Waals surface area contributed by atoms with Gasteiger partial charge in [-0.05, 0) is 39.0 Å². The number of aliphatic hydroxyl groups excluding tert-OH is 1. The second-order valence-corrected chi connectivity index (χ2v) is 9.59. The highest BCUT2D eigenvalue weighted by atomic mass is 16.6. The minimum atomic E-state index is 0.129. The number of hydrogen-bond donors (Lipinski definition) is 1.